The van der Waals surface area contributed by atoms with Crippen molar-refractivity contribution in [2.45, 2.75) is 45.3 Å². The molecule has 0 saturated carbocycles. The van der Waals surface area contributed by atoms with Gasteiger partial charge in [0.25, 0.3) is 0 Å². The summed E-state index contributed by atoms with van der Waals surface area (Å²) in [6, 6.07) is 0. The first-order valence-corrected chi connectivity index (χ1v) is 4.63. The topological polar surface area (TPSA) is 40.5 Å². The average Bonchev–Trinajstić information content (AvgIpc) is 2.01. The van der Waals surface area contributed by atoms with Gasteiger partial charge in [-0.05, 0) is 32.1 Å². The molecule has 0 amide bonds. The second-order valence-corrected chi connectivity index (χ2v) is 3.87. The summed E-state index contributed by atoms with van der Waals surface area (Å²) in [6.07, 6.45) is 3.65. The molecule has 0 saturated heterocycles. The van der Waals surface area contributed by atoms with Gasteiger partial charge in [-0.2, -0.15) is 0 Å². The molecule has 0 spiro atoms. The molecule has 2 N–H and O–H groups in total. The van der Waals surface area contributed by atoms with Gasteiger partial charge in [-0.1, -0.05) is 18.6 Å². The number of allylic oxidation sites excluding steroid dienone is 1. The molecule has 0 radical (unpaired) electrons. The first-order valence-electron chi connectivity index (χ1n) is 4.63. The van der Waals surface area contributed by atoms with Crippen molar-refractivity contribution in [1.82, 2.24) is 0 Å². The lowest BCUT2D eigenvalue weighted by Gasteiger charge is -2.25. The molecule has 2 nitrogen and oxygen atoms in total. The van der Waals surface area contributed by atoms with E-state index < -0.39 is 12.2 Å². The van der Waals surface area contributed by atoms with Crippen LogP contribution < -0.4 is 0 Å². The summed E-state index contributed by atoms with van der Waals surface area (Å²) in [4.78, 5) is 0. The summed E-state index contributed by atoms with van der Waals surface area (Å²) in [6.45, 7) is 3.99. The maximum Gasteiger partial charge on any atom is 0.0838 e. The maximum atomic E-state index is 9.59. The quantitative estimate of drug-likeness (QED) is 0.540. The van der Waals surface area contributed by atoms with Crippen molar-refractivity contribution in [3.8, 4) is 0 Å². The zero-order chi connectivity index (χ0) is 9.14. The van der Waals surface area contributed by atoms with Gasteiger partial charge in [0.1, 0.15) is 0 Å². The number of rotatable bonds is 0. The highest BCUT2D eigenvalue weighted by Gasteiger charge is 2.23. The van der Waals surface area contributed by atoms with Crippen LogP contribution in [0.15, 0.2) is 11.6 Å². The molecule has 2 heteroatoms. The first-order chi connectivity index (χ1) is 5.61. The van der Waals surface area contributed by atoms with E-state index in [1.54, 1.807) is 0 Å². The molecule has 12 heavy (non-hydrogen) atoms. The third-order valence-corrected chi connectivity index (χ3v) is 2.62. The Balaban J connectivity index is 2.64. The van der Waals surface area contributed by atoms with Gasteiger partial charge >= 0.3 is 0 Å². The van der Waals surface area contributed by atoms with Crippen molar-refractivity contribution < 1.29 is 10.2 Å². The van der Waals surface area contributed by atoms with Gasteiger partial charge < -0.3 is 10.2 Å². The smallest absolute Gasteiger partial charge is 0.0838 e. The Labute approximate surface area is 73.9 Å². The molecule has 70 valence electrons. The van der Waals surface area contributed by atoms with Crippen LogP contribution in [0.1, 0.15) is 33.1 Å². The zero-order valence-corrected chi connectivity index (χ0v) is 7.83. The molecule has 0 aliphatic heterocycles. The zero-order valence-electron chi connectivity index (χ0n) is 7.83. The highest BCUT2D eigenvalue weighted by atomic mass is 16.3. The van der Waals surface area contributed by atoms with Crippen LogP contribution in [-0.2, 0) is 0 Å². The summed E-state index contributed by atoms with van der Waals surface area (Å²) in [7, 11) is 0. The Morgan fingerprint density at radius 3 is 2.75 bits per heavy atom. The van der Waals surface area contributed by atoms with Crippen molar-refractivity contribution in [2.75, 3.05) is 0 Å². The van der Waals surface area contributed by atoms with Crippen molar-refractivity contribution in [3.05, 3.63) is 11.6 Å². The van der Waals surface area contributed by atoms with Gasteiger partial charge in [0.15, 0.2) is 0 Å². The molecule has 1 aliphatic rings. The lowest BCUT2D eigenvalue weighted by molar-refractivity contribution is -0.0152. The van der Waals surface area contributed by atoms with Crippen LogP contribution in [0.2, 0.25) is 0 Å². The van der Waals surface area contributed by atoms with Crippen molar-refractivity contribution in [2.24, 2.45) is 5.92 Å². The third-order valence-electron chi connectivity index (χ3n) is 2.62. The molecule has 0 aromatic rings. The van der Waals surface area contributed by atoms with E-state index in [2.05, 4.69) is 6.08 Å². The normalized spacial score (nSPS) is 42.7. The second-order valence-electron chi connectivity index (χ2n) is 3.87. The Hall–Kier alpha value is -0.340. The fourth-order valence-corrected chi connectivity index (χ4v) is 1.68. The Morgan fingerprint density at radius 2 is 2.08 bits per heavy atom. The summed E-state index contributed by atoms with van der Waals surface area (Å²) < 4.78 is 0. The summed E-state index contributed by atoms with van der Waals surface area (Å²) >= 11 is 0. The van der Waals surface area contributed by atoms with Gasteiger partial charge in [0.2, 0.25) is 0 Å². The number of aliphatic hydroxyl groups is 2. The third kappa shape index (κ3) is 2.32. The Morgan fingerprint density at radius 1 is 1.42 bits per heavy atom. The van der Waals surface area contributed by atoms with Crippen molar-refractivity contribution in [3.63, 3.8) is 0 Å². The fourth-order valence-electron chi connectivity index (χ4n) is 1.68. The maximum absolute atomic E-state index is 9.59. The van der Waals surface area contributed by atoms with Crippen LogP contribution in [0.25, 0.3) is 0 Å². The van der Waals surface area contributed by atoms with Crippen LogP contribution in [0.5, 0.6) is 0 Å². The fraction of sp³-hybridized carbons (Fsp3) is 0.800. The molecule has 0 aromatic heterocycles. The molecule has 0 heterocycles. The summed E-state index contributed by atoms with van der Waals surface area (Å²) in [5.74, 6) is 0.212. The Kier molecular flexibility index (Phi) is 3.29. The van der Waals surface area contributed by atoms with Crippen LogP contribution in [0.3, 0.4) is 0 Å². The van der Waals surface area contributed by atoms with E-state index in [4.69, 9.17) is 0 Å². The number of hydrogen-bond acceptors (Lipinski definition) is 2. The molecule has 1 rings (SSSR count). The lowest BCUT2D eigenvalue weighted by atomic mass is 9.89. The van der Waals surface area contributed by atoms with Crippen LogP contribution >= 0.6 is 0 Å². The predicted molar refractivity (Wildman–Crippen MR) is 48.8 cm³/mol. The molecular weight excluding hydrogens is 152 g/mol. The monoisotopic (exact) mass is 170 g/mol. The second kappa shape index (κ2) is 4.06. The van der Waals surface area contributed by atoms with Gasteiger partial charge in [-0.15, -0.1) is 0 Å². The Bertz CT molecular complexity index is 175. The van der Waals surface area contributed by atoms with Gasteiger partial charge in [0, 0.05) is 0 Å². The van der Waals surface area contributed by atoms with E-state index in [1.165, 1.54) is 5.57 Å². The number of aliphatic hydroxyl groups excluding tert-OH is 2. The average molecular weight is 170 g/mol. The van der Waals surface area contributed by atoms with E-state index >= 15 is 0 Å². The van der Waals surface area contributed by atoms with Crippen LogP contribution in [0.4, 0.5) is 0 Å². The largest absolute Gasteiger partial charge is 0.390 e. The van der Waals surface area contributed by atoms with Crippen molar-refractivity contribution >= 4 is 0 Å². The van der Waals surface area contributed by atoms with E-state index in [9.17, 15) is 10.2 Å². The van der Waals surface area contributed by atoms with E-state index in [-0.39, 0.29) is 5.92 Å². The molecule has 3 unspecified atom stereocenters. The van der Waals surface area contributed by atoms with Crippen LogP contribution in [-0.4, -0.2) is 22.4 Å². The minimum Gasteiger partial charge on any atom is -0.390 e. The highest BCUT2D eigenvalue weighted by Crippen LogP contribution is 2.22. The molecular formula is C10H18O2. The highest BCUT2D eigenvalue weighted by molar-refractivity contribution is 5.02. The molecule has 1 aliphatic carbocycles. The molecule has 0 fully saturated rings. The van der Waals surface area contributed by atoms with E-state index in [1.807, 2.05) is 13.8 Å². The van der Waals surface area contributed by atoms with E-state index in [0.29, 0.717) is 6.42 Å². The minimum absolute atomic E-state index is 0.212. The van der Waals surface area contributed by atoms with Gasteiger partial charge in [-0.3, -0.25) is 0 Å². The molecule has 3 atom stereocenters. The SMILES string of the molecule is C/C1=C/CCC(C)C(O)C(O)C1. The minimum atomic E-state index is -0.573. The van der Waals surface area contributed by atoms with Gasteiger partial charge in [0.05, 0.1) is 12.2 Å². The van der Waals surface area contributed by atoms with Crippen LogP contribution in [0, 0.1) is 5.92 Å². The van der Waals surface area contributed by atoms with Crippen molar-refractivity contribution in [1.29, 1.82) is 0 Å². The van der Waals surface area contributed by atoms with Gasteiger partial charge in [-0.25, -0.2) is 0 Å². The number of hydrogen-bond donors (Lipinski definition) is 2. The lowest BCUT2D eigenvalue weighted by Crippen LogP contribution is -2.33. The molecule has 0 aromatic carbocycles. The summed E-state index contributed by atoms with van der Waals surface area (Å²) in [5, 5.41) is 19.1. The standard InChI is InChI=1S/C10H18O2/c1-7-4-3-5-8(2)10(12)9(11)6-7/h4,8-12H,3,5-6H2,1-2H3/b7-4-. The summed E-state index contributed by atoms with van der Waals surface area (Å²) in [5.41, 5.74) is 1.19. The molecule has 0 bridgehead atoms. The first kappa shape index (κ1) is 9.75. The predicted octanol–water partition coefficient (Wildman–Crippen LogP) is 1.47. The van der Waals surface area contributed by atoms with E-state index in [0.717, 1.165) is 12.8 Å².